The van der Waals surface area contributed by atoms with Crippen molar-refractivity contribution in [3.05, 3.63) is 34.8 Å². The lowest BCUT2D eigenvalue weighted by atomic mass is 10.2. The molecule has 1 N–H and O–H groups in total. The number of para-hydroxylation sites is 2. The van der Waals surface area contributed by atoms with Gasteiger partial charge in [0.2, 0.25) is 0 Å². The number of nitrogens with zero attached hydrogens (tertiary/aromatic N) is 1. The van der Waals surface area contributed by atoms with Crippen molar-refractivity contribution in [2.75, 3.05) is 13.6 Å². The number of nitrogens with one attached hydrogen (secondary N) is 1. The maximum atomic E-state index is 11.7. The van der Waals surface area contributed by atoms with E-state index >= 15 is 0 Å². The maximum Gasteiger partial charge on any atom is 0.419 e. The first-order valence-corrected chi connectivity index (χ1v) is 5.45. The second-order valence-electron chi connectivity index (χ2n) is 4.11. The van der Waals surface area contributed by atoms with Crippen LogP contribution in [0.25, 0.3) is 11.1 Å². The van der Waals surface area contributed by atoms with Crippen LogP contribution in [0.5, 0.6) is 0 Å². The van der Waals surface area contributed by atoms with Crippen LogP contribution in [0.3, 0.4) is 0 Å². The highest BCUT2D eigenvalue weighted by Crippen LogP contribution is 2.13. The van der Waals surface area contributed by atoms with Crippen molar-refractivity contribution in [2.24, 2.45) is 5.92 Å². The molecule has 0 aliphatic heterocycles. The van der Waals surface area contributed by atoms with Crippen molar-refractivity contribution < 1.29 is 4.42 Å². The van der Waals surface area contributed by atoms with Gasteiger partial charge in [0.15, 0.2) is 5.58 Å². The lowest BCUT2D eigenvalue weighted by molar-refractivity contribution is 0.428. The SMILES string of the molecule is CNCC(C)Cn1c(=O)oc2ccccc21. The van der Waals surface area contributed by atoms with E-state index < -0.39 is 0 Å². The molecule has 1 heterocycles. The summed E-state index contributed by atoms with van der Waals surface area (Å²) in [5.41, 5.74) is 1.53. The summed E-state index contributed by atoms with van der Waals surface area (Å²) >= 11 is 0. The number of hydrogen-bond acceptors (Lipinski definition) is 3. The lowest BCUT2D eigenvalue weighted by Crippen LogP contribution is -2.25. The van der Waals surface area contributed by atoms with Gasteiger partial charge in [-0.1, -0.05) is 19.1 Å². The molecule has 16 heavy (non-hydrogen) atoms. The molecule has 0 aliphatic rings. The Morgan fingerprint density at radius 1 is 1.44 bits per heavy atom. The lowest BCUT2D eigenvalue weighted by Gasteiger charge is -2.10. The Hall–Kier alpha value is -1.55. The third kappa shape index (κ3) is 2.02. The molecule has 4 nitrogen and oxygen atoms in total. The molecule has 2 rings (SSSR count). The molecule has 0 spiro atoms. The van der Waals surface area contributed by atoms with Crippen molar-refractivity contribution in [3.8, 4) is 0 Å². The second kappa shape index (κ2) is 4.53. The minimum absolute atomic E-state index is 0.274. The van der Waals surface area contributed by atoms with Gasteiger partial charge in [0, 0.05) is 6.54 Å². The van der Waals surface area contributed by atoms with Crippen molar-refractivity contribution in [1.82, 2.24) is 9.88 Å². The summed E-state index contributed by atoms with van der Waals surface area (Å²) in [4.78, 5) is 11.7. The highest BCUT2D eigenvalue weighted by Gasteiger charge is 2.10. The molecule has 1 aromatic carbocycles. The molecule has 1 atom stereocenters. The number of aromatic nitrogens is 1. The standard InChI is InChI=1S/C12H16N2O2/c1-9(7-13-2)8-14-10-5-3-4-6-11(10)16-12(14)15/h3-6,9,13H,7-8H2,1-2H3. The normalized spacial score (nSPS) is 13.1. The fraction of sp³-hybridized carbons (Fsp3) is 0.417. The van der Waals surface area contributed by atoms with Crippen molar-refractivity contribution in [3.63, 3.8) is 0 Å². The Labute approximate surface area is 93.9 Å². The maximum absolute atomic E-state index is 11.7. The quantitative estimate of drug-likeness (QED) is 0.848. The van der Waals surface area contributed by atoms with Crippen LogP contribution in [0.15, 0.2) is 33.5 Å². The largest absolute Gasteiger partial charge is 0.419 e. The molecule has 86 valence electrons. The molecule has 2 aromatic rings. The predicted molar refractivity (Wildman–Crippen MR) is 63.6 cm³/mol. The first-order chi connectivity index (χ1) is 7.72. The number of benzene rings is 1. The molecule has 0 fully saturated rings. The van der Waals surface area contributed by atoms with Crippen LogP contribution in [0.2, 0.25) is 0 Å². The minimum Gasteiger partial charge on any atom is -0.408 e. The fourth-order valence-electron chi connectivity index (χ4n) is 1.91. The van der Waals surface area contributed by atoms with Crippen LogP contribution < -0.4 is 11.1 Å². The van der Waals surface area contributed by atoms with Crippen LogP contribution in [-0.4, -0.2) is 18.2 Å². The summed E-state index contributed by atoms with van der Waals surface area (Å²) < 4.78 is 6.86. The van der Waals surface area contributed by atoms with Crippen molar-refractivity contribution in [2.45, 2.75) is 13.5 Å². The summed E-state index contributed by atoms with van der Waals surface area (Å²) in [6, 6.07) is 7.51. The Balaban J connectivity index is 2.36. The molecule has 0 bridgehead atoms. The van der Waals surface area contributed by atoms with Crippen LogP contribution in [0, 0.1) is 5.92 Å². The number of oxazole rings is 1. The van der Waals surface area contributed by atoms with E-state index in [0.717, 1.165) is 12.1 Å². The first-order valence-electron chi connectivity index (χ1n) is 5.45. The summed E-state index contributed by atoms with van der Waals surface area (Å²) in [6.07, 6.45) is 0. The van der Waals surface area contributed by atoms with E-state index in [1.807, 2.05) is 31.3 Å². The fourth-order valence-corrected chi connectivity index (χ4v) is 1.91. The Morgan fingerprint density at radius 2 is 2.19 bits per heavy atom. The zero-order chi connectivity index (χ0) is 11.5. The third-order valence-corrected chi connectivity index (χ3v) is 2.62. The van der Waals surface area contributed by atoms with Crippen LogP contribution in [-0.2, 0) is 6.54 Å². The molecule has 0 amide bonds. The topological polar surface area (TPSA) is 47.2 Å². The highest BCUT2D eigenvalue weighted by atomic mass is 16.4. The summed E-state index contributed by atoms with van der Waals surface area (Å²) in [6.45, 7) is 3.66. The van der Waals surface area contributed by atoms with Crippen LogP contribution in [0.4, 0.5) is 0 Å². The van der Waals surface area contributed by atoms with Gasteiger partial charge in [0.25, 0.3) is 0 Å². The van der Waals surface area contributed by atoms with E-state index in [1.165, 1.54) is 0 Å². The van der Waals surface area contributed by atoms with Crippen molar-refractivity contribution >= 4 is 11.1 Å². The van der Waals surface area contributed by atoms with Gasteiger partial charge in [0.05, 0.1) is 5.52 Å². The minimum atomic E-state index is -0.274. The summed E-state index contributed by atoms with van der Waals surface area (Å²) in [7, 11) is 1.91. The number of hydrogen-bond donors (Lipinski definition) is 1. The third-order valence-electron chi connectivity index (χ3n) is 2.62. The Morgan fingerprint density at radius 3 is 2.94 bits per heavy atom. The van der Waals surface area contributed by atoms with E-state index in [2.05, 4.69) is 12.2 Å². The Kier molecular flexibility index (Phi) is 3.10. The molecular weight excluding hydrogens is 204 g/mol. The molecule has 0 radical (unpaired) electrons. The van der Waals surface area contributed by atoms with E-state index in [-0.39, 0.29) is 5.76 Å². The van der Waals surface area contributed by atoms with E-state index in [0.29, 0.717) is 18.0 Å². The molecule has 0 saturated heterocycles. The molecule has 0 saturated carbocycles. The van der Waals surface area contributed by atoms with Gasteiger partial charge in [-0.3, -0.25) is 4.57 Å². The zero-order valence-electron chi connectivity index (χ0n) is 9.56. The van der Waals surface area contributed by atoms with Crippen molar-refractivity contribution in [1.29, 1.82) is 0 Å². The molecule has 1 aromatic heterocycles. The second-order valence-corrected chi connectivity index (χ2v) is 4.11. The average molecular weight is 220 g/mol. The first kappa shape index (κ1) is 11.0. The van der Waals surface area contributed by atoms with Gasteiger partial charge in [-0.2, -0.15) is 0 Å². The highest BCUT2D eigenvalue weighted by molar-refractivity contribution is 5.72. The monoisotopic (exact) mass is 220 g/mol. The number of fused-ring (bicyclic) bond motifs is 1. The van der Waals surface area contributed by atoms with Gasteiger partial charge >= 0.3 is 5.76 Å². The van der Waals surface area contributed by atoms with Crippen LogP contribution in [0.1, 0.15) is 6.92 Å². The smallest absolute Gasteiger partial charge is 0.408 e. The molecular formula is C12H16N2O2. The van der Waals surface area contributed by atoms with E-state index in [9.17, 15) is 4.79 Å². The van der Waals surface area contributed by atoms with E-state index in [4.69, 9.17) is 4.42 Å². The zero-order valence-corrected chi connectivity index (χ0v) is 9.56. The Bertz CT molecular complexity index is 527. The van der Waals surface area contributed by atoms with Gasteiger partial charge < -0.3 is 9.73 Å². The van der Waals surface area contributed by atoms with Gasteiger partial charge in [0.1, 0.15) is 0 Å². The molecule has 4 heteroatoms. The molecule has 1 unspecified atom stereocenters. The van der Waals surface area contributed by atoms with Gasteiger partial charge in [-0.05, 0) is 31.6 Å². The predicted octanol–water partition coefficient (Wildman–Crippen LogP) is 1.45. The summed E-state index contributed by atoms with van der Waals surface area (Å²) in [5, 5.41) is 3.10. The van der Waals surface area contributed by atoms with Gasteiger partial charge in [-0.15, -0.1) is 0 Å². The van der Waals surface area contributed by atoms with Crippen LogP contribution >= 0.6 is 0 Å². The summed E-state index contributed by atoms with van der Waals surface area (Å²) in [5.74, 6) is 0.118. The van der Waals surface area contributed by atoms with E-state index in [1.54, 1.807) is 4.57 Å². The number of rotatable bonds is 4. The average Bonchev–Trinajstić information content (AvgIpc) is 2.56. The molecule has 0 aliphatic carbocycles. The van der Waals surface area contributed by atoms with Gasteiger partial charge in [-0.25, -0.2) is 4.79 Å².